The first-order valence-corrected chi connectivity index (χ1v) is 15.0. The van der Waals surface area contributed by atoms with Gasteiger partial charge in [-0.2, -0.15) is 5.11 Å². The van der Waals surface area contributed by atoms with Gasteiger partial charge in [0.05, 0.1) is 17.4 Å². The van der Waals surface area contributed by atoms with E-state index in [4.69, 9.17) is 5.73 Å². The normalized spacial score (nSPS) is 18.5. The molecule has 1 amide bonds. The van der Waals surface area contributed by atoms with Crippen molar-refractivity contribution < 1.29 is 9.59 Å². The molecule has 1 aliphatic heterocycles. The van der Waals surface area contributed by atoms with Gasteiger partial charge in [-0.1, -0.05) is 37.8 Å². The molecule has 0 bridgehead atoms. The number of benzene rings is 3. The molecule has 1 aromatic heterocycles. The van der Waals surface area contributed by atoms with E-state index < -0.39 is 5.92 Å². The minimum atomic E-state index is -0.482. The summed E-state index contributed by atoms with van der Waals surface area (Å²) >= 11 is 0. The Balaban J connectivity index is 0.00000384. The molecule has 0 spiro atoms. The zero-order valence-corrected chi connectivity index (χ0v) is 24.4. The van der Waals surface area contributed by atoms with Gasteiger partial charge in [-0.25, -0.2) is 9.98 Å². The monoisotopic (exact) mass is 591 g/mol. The summed E-state index contributed by atoms with van der Waals surface area (Å²) in [6.07, 6.45) is 6.18. The number of nitrogens with one attached hydrogen (secondary N) is 1. The van der Waals surface area contributed by atoms with E-state index in [2.05, 4.69) is 61.9 Å². The van der Waals surface area contributed by atoms with Crippen LogP contribution in [0.1, 0.15) is 50.7 Å². The van der Waals surface area contributed by atoms with Crippen LogP contribution in [0.4, 0.5) is 5.69 Å². The van der Waals surface area contributed by atoms with Gasteiger partial charge in [0.1, 0.15) is 5.78 Å². The third-order valence-electron chi connectivity index (χ3n) is 8.81. The quantitative estimate of drug-likeness (QED) is 0.216. The zero-order valence-electron chi connectivity index (χ0n) is 24.4. The number of aromatic nitrogens is 2. The predicted octanol–water partition coefficient (Wildman–Crippen LogP) is 6.57. The van der Waals surface area contributed by atoms with E-state index >= 15 is 0 Å². The lowest BCUT2D eigenvalue weighted by atomic mass is 9.77. The number of aliphatic imine (C=N–C) groups is 1. The van der Waals surface area contributed by atoms with Crippen LogP contribution in [-0.2, 0) is 23.1 Å². The van der Waals surface area contributed by atoms with Crippen LogP contribution in [0.25, 0.3) is 22.2 Å². The number of carbonyl (C=O) groups is 2. The molecule has 4 aromatic rings. The fourth-order valence-electron chi connectivity index (χ4n) is 6.14. The molecule has 0 saturated heterocycles. The molecule has 3 N–H and O–H groups in total. The van der Waals surface area contributed by atoms with Gasteiger partial charge in [-0.3, -0.25) is 9.59 Å². The highest BCUT2D eigenvalue weighted by molar-refractivity contribution is 6.01. The molecule has 0 unspecified atom stereocenters. The zero-order chi connectivity index (χ0) is 29.8. The Morgan fingerprint density at radius 3 is 2.34 bits per heavy atom. The minimum absolute atomic E-state index is 0. The van der Waals surface area contributed by atoms with Crippen molar-refractivity contribution >= 4 is 34.2 Å². The van der Waals surface area contributed by atoms with Crippen molar-refractivity contribution in [1.82, 2.24) is 9.55 Å². The van der Waals surface area contributed by atoms with Gasteiger partial charge < -0.3 is 15.6 Å². The van der Waals surface area contributed by atoms with E-state index in [-0.39, 0.29) is 31.5 Å². The molecule has 0 radical (unpaired) electrons. The summed E-state index contributed by atoms with van der Waals surface area (Å²) in [6, 6.07) is 22.0. The number of Topliss-reactive ketones (excluding diaryl/α,β-unsaturated/α-hetero) is 1. The number of aryl methyl sites for hydroxylation is 1. The van der Waals surface area contributed by atoms with Crippen LogP contribution in [0.3, 0.4) is 0 Å². The maximum Gasteiger partial charge on any atom is 0.228 e. The lowest BCUT2D eigenvalue weighted by molar-refractivity contribution is -0.129. The number of amidine groups is 1. The molecule has 6 rings (SSSR count). The summed E-state index contributed by atoms with van der Waals surface area (Å²) in [7, 11) is 1.99. The molecule has 44 heavy (non-hydrogen) atoms. The Morgan fingerprint density at radius 2 is 1.66 bits per heavy atom. The Labute approximate surface area is 258 Å². The van der Waals surface area contributed by atoms with Gasteiger partial charge in [-0.15, -0.1) is 5.11 Å². The maximum atomic E-state index is 13.6. The molecule has 1 fully saturated rings. The van der Waals surface area contributed by atoms with Crippen molar-refractivity contribution in [1.29, 1.82) is 0 Å². The predicted molar refractivity (Wildman–Crippen MR) is 176 cm³/mol. The van der Waals surface area contributed by atoms with Gasteiger partial charge in [-0.05, 0) is 97.7 Å². The number of fused-ring (bicyclic) bond motifs is 1. The minimum Gasteiger partial charge on any atom is -0.334 e. The summed E-state index contributed by atoms with van der Waals surface area (Å²) in [5, 5.41) is 11.0. The topological polar surface area (TPSA) is 127 Å². The van der Waals surface area contributed by atoms with Crippen molar-refractivity contribution in [3.8, 4) is 11.1 Å². The standard InChI is InChI=1S/C34H37N7O2.CH4/c1-41-21-37-30-15-12-27(17-31(30)41)24-6-2-22(3-7-24)16-28(18-32(42)25-8-4-23(19-35)5-9-25)34(43)39-29-13-10-26(11-14-29)33-36-20-38-40-33;/h2-3,6-7,10-15,17,21,23,25,28H,4-5,8-9,16,18-20,35H2,1H3,(H,39,43);1H4/t23?,25?,28-;/m1./s1. The second-order valence-corrected chi connectivity index (χ2v) is 11.7. The lowest BCUT2D eigenvalue weighted by Crippen LogP contribution is -2.31. The van der Waals surface area contributed by atoms with Crippen LogP contribution in [0, 0.1) is 17.8 Å². The largest absolute Gasteiger partial charge is 0.334 e. The van der Waals surface area contributed by atoms with E-state index in [1.165, 1.54) is 0 Å². The Hall–Kier alpha value is -4.50. The van der Waals surface area contributed by atoms with Crippen LogP contribution in [0.15, 0.2) is 88.3 Å². The Morgan fingerprint density at radius 1 is 0.955 bits per heavy atom. The van der Waals surface area contributed by atoms with Gasteiger partial charge >= 0.3 is 0 Å². The molecule has 2 aliphatic rings. The first-order chi connectivity index (χ1) is 21.0. The summed E-state index contributed by atoms with van der Waals surface area (Å²) in [4.78, 5) is 35.8. The first-order valence-electron chi connectivity index (χ1n) is 15.0. The number of carbonyl (C=O) groups excluding carboxylic acids is 2. The van der Waals surface area contributed by atoms with E-state index in [0.717, 1.165) is 59.0 Å². The van der Waals surface area contributed by atoms with Gasteiger partial charge in [0.25, 0.3) is 0 Å². The summed E-state index contributed by atoms with van der Waals surface area (Å²) in [5.41, 5.74) is 12.6. The van der Waals surface area contributed by atoms with Crippen LogP contribution < -0.4 is 11.1 Å². The molecule has 1 aliphatic carbocycles. The number of azo groups is 1. The van der Waals surface area contributed by atoms with Crippen molar-refractivity contribution in [2.45, 2.75) is 46.0 Å². The van der Waals surface area contributed by atoms with Crippen LogP contribution in [-0.4, -0.2) is 40.3 Å². The fourth-order valence-corrected chi connectivity index (χ4v) is 6.14. The molecule has 1 atom stereocenters. The second-order valence-electron chi connectivity index (χ2n) is 11.7. The number of ketones is 1. The Kier molecular flexibility index (Phi) is 9.75. The van der Waals surface area contributed by atoms with Crippen molar-refractivity contribution in [2.24, 2.45) is 45.8 Å². The SMILES string of the molecule is C.Cn1cnc2ccc(-c3ccc(C[C@H](CC(=O)C4CCC(CN)CC4)C(=O)Nc4ccc(C5=NCN=N5)cc4)cc3)cc21. The van der Waals surface area contributed by atoms with Gasteiger partial charge in [0.15, 0.2) is 12.5 Å². The molecule has 9 nitrogen and oxygen atoms in total. The van der Waals surface area contributed by atoms with Gasteiger partial charge in [0, 0.05) is 36.6 Å². The molecule has 228 valence electrons. The fraction of sp³-hybridized carbons (Fsp3) is 0.371. The number of hydrogen-bond donors (Lipinski definition) is 2. The van der Waals surface area contributed by atoms with Crippen LogP contribution in [0.2, 0.25) is 0 Å². The number of imidazole rings is 1. The molecule has 9 heteroatoms. The first kappa shape index (κ1) is 30.9. The van der Waals surface area contributed by atoms with Crippen LogP contribution in [0.5, 0.6) is 0 Å². The summed E-state index contributed by atoms with van der Waals surface area (Å²) < 4.78 is 2.01. The highest BCUT2D eigenvalue weighted by Gasteiger charge is 2.30. The second kappa shape index (κ2) is 13.9. The summed E-state index contributed by atoms with van der Waals surface area (Å²) in [5.74, 6) is 0.637. The molecular formula is C35H41N7O2. The number of nitrogens with zero attached hydrogens (tertiary/aromatic N) is 5. The van der Waals surface area contributed by atoms with E-state index in [1.807, 2.05) is 48.3 Å². The van der Waals surface area contributed by atoms with E-state index in [9.17, 15) is 9.59 Å². The highest BCUT2D eigenvalue weighted by atomic mass is 16.2. The maximum absolute atomic E-state index is 13.6. The average molecular weight is 592 g/mol. The van der Waals surface area contributed by atoms with Crippen molar-refractivity contribution in [3.05, 3.63) is 84.2 Å². The van der Waals surface area contributed by atoms with Gasteiger partial charge in [0.2, 0.25) is 5.91 Å². The van der Waals surface area contributed by atoms with Crippen molar-refractivity contribution in [3.63, 3.8) is 0 Å². The molecular weight excluding hydrogens is 550 g/mol. The number of amides is 1. The summed E-state index contributed by atoms with van der Waals surface area (Å²) in [6.45, 7) is 1.02. The van der Waals surface area contributed by atoms with Crippen LogP contribution >= 0.6 is 0 Å². The lowest BCUT2D eigenvalue weighted by Gasteiger charge is -2.27. The molecule has 1 saturated carbocycles. The highest BCUT2D eigenvalue weighted by Crippen LogP contribution is 2.31. The van der Waals surface area contributed by atoms with E-state index in [0.29, 0.717) is 37.1 Å². The smallest absolute Gasteiger partial charge is 0.228 e. The molecule has 2 heterocycles. The van der Waals surface area contributed by atoms with Crippen molar-refractivity contribution in [2.75, 3.05) is 18.5 Å². The van der Waals surface area contributed by atoms with E-state index in [1.54, 1.807) is 0 Å². The molecule has 3 aromatic carbocycles. The number of nitrogens with two attached hydrogens (primary N) is 1. The number of anilines is 1. The Bertz CT molecular complexity index is 1660. The number of rotatable bonds is 10. The third-order valence-corrected chi connectivity index (χ3v) is 8.81. The third kappa shape index (κ3) is 7.00. The number of hydrogen-bond acceptors (Lipinski definition) is 7. The average Bonchev–Trinajstić information content (AvgIpc) is 3.72.